The minimum Gasteiger partial charge on any atom is -0.445 e. The van der Waals surface area contributed by atoms with E-state index in [1.54, 1.807) is 20.2 Å². The van der Waals surface area contributed by atoms with Gasteiger partial charge in [0.25, 0.3) is 0 Å². The summed E-state index contributed by atoms with van der Waals surface area (Å²) in [5.41, 5.74) is 7.75. The Kier molecular flexibility index (Phi) is 13.5. The summed E-state index contributed by atoms with van der Waals surface area (Å²) in [6.07, 6.45) is -1.69. The van der Waals surface area contributed by atoms with Crippen LogP contribution in [0.4, 0.5) is 9.59 Å². The zero-order valence-corrected chi connectivity index (χ0v) is 27.5. The molecule has 0 fully saturated rings. The minimum atomic E-state index is -0.733. The van der Waals surface area contributed by atoms with Crippen molar-refractivity contribution in [2.75, 3.05) is 27.2 Å². The van der Waals surface area contributed by atoms with E-state index in [1.807, 2.05) is 119 Å². The Morgan fingerprint density at radius 2 is 1.11 bits per heavy atom. The van der Waals surface area contributed by atoms with Gasteiger partial charge in [-0.2, -0.15) is 0 Å². The normalized spacial score (nSPS) is 11.0. The summed E-state index contributed by atoms with van der Waals surface area (Å²) in [6.45, 7) is 8.60. The van der Waals surface area contributed by atoms with E-state index in [2.05, 4.69) is 0 Å². The van der Waals surface area contributed by atoms with Crippen LogP contribution in [0.2, 0.25) is 0 Å². The van der Waals surface area contributed by atoms with Gasteiger partial charge in [0, 0.05) is 19.7 Å². The van der Waals surface area contributed by atoms with Gasteiger partial charge in [0.05, 0.1) is 19.2 Å². The van der Waals surface area contributed by atoms with Gasteiger partial charge in [0.2, 0.25) is 0 Å². The number of Topliss-reactive ketones (excluding diaryl/α,β-unsaturated/α-hetero) is 1. The predicted molar refractivity (Wildman–Crippen MR) is 180 cm³/mol. The quantitative estimate of drug-likeness (QED) is 0.185. The molecule has 0 saturated carbocycles. The molecule has 0 bridgehead atoms. The minimum absolute atomic E-state index is 0.00385. The molecule has 0 radical (unpaired) electrons. The van der Waals surface area contributed by atoms with Crippen LogP contribution in [0.1, 0.15) is 55.4 Å². The number of rotatable bonds is 10. The predicted octanol–water partition coefficient (Wildman–Crippen LogP) is 7.36. The first-order valence-electron chi connectivity index (χ1n) is 15.1. The molecule has 0 aliphatic carbocycles. The molecular weight excluding hydrogens is 580 g/mol. The van der Waals surface area contributed by atoms with Crippen molar-refractivity contribution in [1.82, 2.24) is 9.80 Å². The van der Waals surface area contributed by atoms with E-state index < -0.39 is 18.3 Å². The highest BCUT2D eigenvalue weighted by molar-refractivity contribution is 5.99. The number of aryl methyl sites for hydroxylation is 4. The average molecular weight is 625 g/mol. The molecule has 0 aliphatic heterocycles. The maximum atomic E-state index is 12.2. The van der Waals surface area contributed by atoms with Crippen LogP contribution in [0.15, 0.2) is 97.1 Å². The van der Waals surface area contributed by atoms with Crippen LogP contribution in [0.25, 0.3) is 0 Å². The second-order valence-corrected chi connectivity index (χ2v) is 11.4. The third kappa shape index (κ3) is 11.2. The molecule has 0 aliphatic rings. The lowest BCUT2D eigenvalue weighted by atomic mass is 10.0. The summed E-state index contributed by atoms with van der Waals surface area (Å²) >= 11 is 0. The highest BCUT2D eigenvalue weighted by Gasteiger charge is 2.18. The fraction of sp³-hybridized carbons (Fsp3) is 0.289. The van der Waals surface area contributed by atoms with Crippen molar-refractivity contribution in [2.24, 2.45) is 0 Å². The van der Waals surface area contributed by atoms with Crippen LogP contribution in [-0.2, 0) is 22.7 Å². The van der Waals surface area contributed by atoms with Gasteiger partial charge in [-0.05, 0) is 72.7 Å². The SMILES string of the molecule is Cc1ccc(C(=O)CN(C)C(=O)OCc2ccccc2)cc1C.Cc1ccc([C@@H](O)CN(C)C(=O)OCc2ccccc2)cc1C. The molecule has 8 heteroatoms. The first kappa shape index (κ1) is 35.5. The number of likely N-dealkylation sites (N-methyl/N-ethyl adjacent to an activating group) is 2. The molecule has 8 nitrogen and oxygen atoms in total. The van der Waals surface area contributed by atoms with Crippen LogP contribution in [0.3, 0.4) is 0 Å². The summed E-state index contributed by atoms with van der Waals surface area (Å²) < 4.78 is 10.4. The molecule has 242 valence electrons. The third-order valence-corrected chi connectivity index (χ3v) is 7.61. The summed E-state index contributed by atoms with van der Waals surface area (Å²) in [5, 5.41) is 10.3. The number of nitrogens with zero attached hydrogens (tertiary/aromatic N) is 2. The van der Waals surface area contributed by atoms with Crippen LogP contribution in [-0.4, -0.2) is 60.1 Å². The Balaban J connectivity index is 0.000000250. The number of carbonyl (C=O) groups is 3. The molecule has 46 heavy (non-hydrogen) atoms. The van der Waals surface area contributed by atoms with Crippen molar-refractivity contribution in [3.8, 4) is 0 Å². The summed E-state index contributed by atoms with van der Waals surface area (Å²) in [4.78, 5) is 38.9. The number of amides is 2. The van der Waals surface area contributed by atoms with Gasteiger partial charge in [-0.1, -0.05) is 91.0 Å². The van der Waals surface area contributed by atoms with E-state index >= 15 is 0 Å². The Morgan fingerprint density at radius 1 is 0.630 bits per heavy atom. The van der Waals surface area contributed by atoms with Gasteiger partial charge in [-0.15, -0.1) is 0 Å². The van der Waals surface area contributed by atoms with Crippen molar-refractivity contribution in [2.45, 2.75) is 47.0 Å². The second-order valence-electron chi connectivity index (χ2n) is 11.4. The maximum Gasteiger partial charge on any atom is 0.410 e. The molecule has 0 spiro atoms. The van der Waals surface area contributed by atoms with Crippen LogP contribution in [0, 0.1) is 27.7 Å². The molecular formula is C38H44N2O6. The van der Waals surface area contributed by atoms with Gasteiger partial charge < -0.3 is 24.4 Å². The zero-order chi connectivity index (χ0) is 33.6. The topological polar surface area (TPSA) is 96.4 Å². The molecule has 4 aromatic carbocycles. The van der Waals surface area contributed by atoms with Gasteiger partial charge >= 0.3 is 12.2 Å². The third-order valence-electron chi connectivity index (χ3n) is 7.61. The first-order valence-corrected chi connectivity index (χ1v) is 15.1. The molecule has 2 amide bonds. The molecule has 0 aromatic heterocycles. The van der Waals surface area contributed by atoms with E-state index in [9.17, 15) is 19.5 Å². The summed E-state index contributed by atoms with van der Waals surface area (Å²) in [5.74, 6) is -0.104. The van der Waals surface area contributed by atoms with Crippen LogP contribution < -0.4 is 0 Å². The average Bonchev–Trinajstić information content (AvgIpc) is 3.06. The van der Waals surface area contributed by atoms with Gasteiger partial charge in [-0.25, -0.2) is 9.59 Å². The number of aliphatic hydroxyl groups excluding tert-OH is 1. The molecule has 1 atom stereocenters. The number of ether oxygens (including phenoxy) is 2. The Labute approximate surface area is 272 Å². The van der Waals surface area contributed by atoms with Crippen molar-refractivity contribution < 1.29 is 29.0 Å². The molecule has 4 rings (SSSR count). The van der Waals surface area contributed by atoms with E-state index in [0.29, 0.717) is 5.56 Å². The number of benzene rings is 4. The zero-order valence-electron chi connectivity index (χ0n) is 27.5. The van der Waals surface area contributed by atoms with E-state index in [0.717, 1.165) is 33.4 Å². The monoisotopic (exact) mass is 624 g/mol. The molecule has 4 aromatic rings. The van der Waals surface area contributed by atoms with Crippen molar-refractivity contribution >= 4 is 18.0 Å². The number of hydrogen-bond acceptors (Lipinski definition) is 6. The van der Waals surface area contributed by atoms with Gasteiger partial charge in [0.15, 0.2) is 5.78 Å². The molecule has 0 heterocycles. The lowest BCUT2D eigenvalue weighted by Gasteiger charge is -2.21. The summed E-state index contributed by atoms with van der Waals surface area (Å²) in [7, 11) is 3.18. The highest BCUT2D eigenvalue weighted by Crippen LogP contribution is 2.18. The van der Waals surface area contributed by atoms with Crippen LogP contribution >= 0.6 is 0 Å². The molecule has 1 N–H and O–H groups in total. The Hall–Kier alpha value is -4.95. The van der Waals surface area contributed by atoms with E-state index in [-0.39, 0.29) is 32.1 Å². The highest BCUT2D eigenvalue weighted by atomic mass is 16.6. The van der Waals surface area contributed by atoms with Gasteiger partial charge in [0.1, 0.15) is 13.2 Å². The Morgan fingerprint density at radius 3 is 1.61 bits per heavy atom. The fourth-order valence-corrected chi connectivity index (χ4v) is 4.36. The second kappa shape index (κ2) is 17.5. The number of hydrogen-bond donors (Lipinski definition) is 1. The lowest BCUT2D eigenvalue weighted by molar-refractivity contribution is 0.0787. The number of ketones is 1. The van der Waals surface area contributed by atoms with Crippen molar-refractivity contribution in [3.63, 3.8) is 0 Å². The Bertz CT molecular complexity index is 1590. The lowest BCUT2D eigenvalue weighted by Crippen LogP contribution is -2.32. The first-order chi connectivity index (χ1) is 21.9. The van der Waals surface area contributed by atoms with Crippen molar-refractivity contribution in [1.29, 1.82) is 0 Å². The summed E-state index contributed by atoms with van der Waals surface area (Å²) in [6, 6.07) is 30.3. The molecule has 0 saturated heterocycles. The van der Waals surface area contributed by atoms with Crippen LogP contribution in [0.5, 0.6) is 0 Å². The smallest absolute Gasteiger partial charge is 0.410 e. The largest absolute Gasteiger partial charge is 0.445 e. The van der Waals surface area contributed by atoms with Crippen molar-refractivity contribution in [3.05, 3.63) is 142 Å². The fourth-order valence-electron chi connectivity index (χ4n) is 4.36. The van der Waals surface area contributed by atoms with E-state index in [4.69, 9.17) is 9.47 Å². The standard InChI is InChI=1S/C19H23NO3.C19H21NO3/c2*1-14-9-10-17(11-15(14)2)18(21)12-20(3)19(22)23-13-16-7-5-4-6-8-16/h4-11,18,21H,12-13H2,1-3H3;4-11H,12-13H2,1-3H3/t18-;/m0./s1. The number of carbonyl (C=O) groups excluding carboxylic acids is 3. The van der Waals surface area contributed by atoms with E-state index in [1.165, 1.54) is 15.4 Å². The number of aliphatic hydroxyl groups is 1. The maximum absolute atomic E-state index is 12.2. The molecule has 0 unspecified atom stereocenters. The van der Waals surface area contributed by atoms with Gasteiger partial charge in [-0.3, -0.25) is 4.79 Å².